The van der Waals surface area contributed by atoms with Crippen LogP contribution >= 0.6 is 11.3 Å². The SMILES string of the molecule is CCn1cc(C=c2sc3n(c2=O)C(c2ccc(C)o2)C(C(=O)Nc2ccccc2)=C(C)N=3)c(C)n1. The molecule has 3 aromatic heterocycles. The number of carbonyl (C=O) groups is 1. The first kappa shape index (κ1) is 22.8. The highest BCUT2D eigenvalue weighted by molar-refractivity contribution is 7.07. The highest BCUT2D eigenvalue weighted by Crippen LogP contribution is 2.31. The Hall–Kier alpha value is -3.98. The van der Waals surface area contributed by atoms with Gasteiger partial charge >= 0.3 is 0 Å². The monoisotopic (exact) mass is 487 g/mol. The number of aromatic nitrogens is 3. The van der Waals surface area contributed by atoms with Gasteiger partial charge in [-0.25, -0.2) is 4.99 Å². The van der Waals surface area contributed by atoms with Crippen molar-refractivity contribution in [1.29, 1.82) is 0 Å². The summed E-state index contributed by atoms with van der Waals surface area (Å²) >= 11 is 1.29. The Morgan fingerprint density at radius 3 is 2.60 bits per heavy atom. The number of para-hydroxylation sites is 1. The van der Waals surface area contributed by atoms with Crippen LogP contribution in [0.5, 0.6) is 0 Å². The molecular weight excluding hydrogens is 462 g/mol. The van der Waals surface area contributed by atoms with Crippen molar-refractivity contribution in [2.24, 2.45) is 4.99 Å². The van der Waals surface area contributed by atoms with Crippen LogP contribution in [0.1, 0.15) is 42.7 Å². The number of anilines is 1. The minimum atomic E-state index is -0.731. The van der Waals surface area contributed by atoms with E-state index in [-0.39, 0.29) is 11.5 Å². The first-order valence-electron chi connectivity index (χ1n) is 11.3. The molecule has 0 saturated heterocycles. The van der Waals surface area contributed by atoms with Crippen molar-refractivity contribution in [2.45, 2.75) is 40.3 Å². The van der Waals surface area contributed by atoms with E-state index in [2.05, 4.69) is 15.4 Å². The predicted molar refractivity (Wildman–Crippen MR) is 135 cm³/mol. The lowest BCUT2D eigenvalue weighted by molar-refractivity contribution is -0.113. The summed E-state index contributed by atoms with van der Waals surface area (Å²) in [5.41, 5.74) is 3.06. The molecule has 0 fully saturated rings. The normalized spacial score (nSPS) is 15.8. The smallest absolute Gasteiger partial charge is 0.271 e. The Kier molecular flexibility index (Phi) is 5.86. The van der Waals surface area contributed by atoms with Crippen molar-refractivity contribution in [1.82, 2.24) is 14.3 Å². The van der Waals surface area contributed by atoms with E-state index < -0.39 is 6.04 Å². The Balaban J connectivity index is 1.67. The molecule has 178 valence electrons. The molecule has 8 nitrogen and oxygen atoms in total. The number of allylic oxidation sites excluding steroid dienone is 1. The zero-order chi connectivity index (χ0) is 24.7. The molecule has 0 radical (unpaired) electrons. The highest BCUT2D eigenvalue weighted by Gasteiger charge is 2.34. The maximum atomic E-state index is 13.7. The number of benzene rings is 1. The summed E-state index contributed by atoms with van der Waals surface area (Å²) in [4.78, 5) is 32.3. The summed E-state index contributed by atoms with van der Waals surface area (Å²) in [6.07, 6.45) is 3.76. The van der Waals surface area contributed by atoms with E-state index in [9.17, 15) is 9.59 Å². The number of hydrogen-bond donors (Lipinski definition) is 1. The van der Waals surface area contributed by atoms with Gasteiger partial charge in [0.25, 0.3) is 11.5 Å². The summed E-state index contributed by atoms with van der Waals surface area (Å²) in [6, 6.07) is 12.1. The van der Waals surface area contributed by atoms with E-state index in [1.165, 1.54) is 11.3 Å². The molecule has 1 atom stereocenters. The Bertz CT molecular complexity index is 1640. The molecule has 4 heterocycles. The number of nitrogens with one attached hydrogen (secondary N) is 1. The number of nitrogens with zero attached hydrogens (tertiary/aromatic N) is 4. The van der Waals surface area contributed by atoms with Gasteiger partial charge in [-0.15, -0.1) is 0 Å². The second-order valence-electron chi connectivity index (χ2n) is 8.38. The van der Waals surface area contributed by atoms with Gasteiger partial charge in [-0.05, 0) is 58.0 Å². The summed E-state index contributed by atoms with van der Waals surface area (Å²) in [5, 5.41) is 7.40. The average Bonchev–Trinajstić information content (AvgIpc) is 3.51. The number of hydrogen-bond acceptors (Lipinski definition) is 6. The lowest BCUT2D eigenvalue weighted by Gasteiger charge is -2.23. The molecule has 0 spiro atoms. The van der Waals surface area contributed by atoms with Gasteiger partial charge in [-0.1, -0.05) is 29.5 Å². The van der Waals surface area contributed by atoms with Crippen molar-refractivity contribution in [3.05, 3.63) is 102 Å². The van der Waals surface area contributed by atoms with Gasteiger partial charge in [0, 0.05) is 24.0 Å². The third-order valence-electron chi connectivity index (χ3n) is 5.92. The number of fused-ring (bicyclic) bond motifs is 1. The van der Waals surface area contributed by atoms with Crippen molar-refractivity contribution in [3.8, 4) is 0 Å². The zero-order valence-electron chi connectivity index (χ0n) is 19.9. The average molecular weight is 488 g/mol. The van der Waals surface area contributed by atoms with E-state index in [1.54, 1.807) is 17.6 Å². The van der Waals surface area contributed by atoms with Crippen LogP contribution < -0.4 is 20.2 Å². The largest absolute Gasteiger partial charge is 0.464 e. The van der Waals surface area contributed by atoms with Crippen LogP contribution in [0.15, 0.2) is 74.1 Å². The van der Waals surface area contributed by atoms with E-state index in [1.807, 2.05) is 74.1 Å². The molecule has 9 heteroatoms. The fraction of sp³-hybridized carbons (Fsp3) is 0.231. The molecule has 1 N–H and O–H groups in total. The van der Waals surface area contributed by atoms with Crippen LogP contribution in [0.2, 0.25) is 0 Å². The van der Waals surface area contributed by atoms with Gasteiger partial charge in [0.15, 0.2) is 4.80 Å². The first-order chi connectivity index (χ1) is 16.9. The van der Waals surface area contributed by atoms with Crippen molar-refractivity contribution < 1.29 is 9.21 Å². The second-order valence-corrected chi connectivity index (χ2v) is 9.39. The van der Waals surface area contributed by atoms with Gasteiger partial charge in [-0.2, -0.15) is 5.10 Å². The molecule has 0 bridgehead atoms. The number of furan rings is 1. The molecule has 35 heavy (non-hydrogen) atoms. The number of amides is 1. The maximum Gasteiger partial charge on any atom is 0.271 e. The van der Waals surface area contributed by atoms with E-state index in [0.29, 0.717) is 37.8 Å². The maximum absolute atomic E-state index is 13.7. The Morgan fingerprint density at radius 1 is 1.17 bits per heavy atom. The summed E-state index contributed by atoms with van der Waals surface area (Å²) in [6.45, 7) is 8.30. The predicted octanol–water partition coefficient (Wildman–Crippen LogP) is 3.30. The van der Waals surface area contributed by atoms with Crippen LogP contribution in [0, 0.1) is 13.8 Å². The summed E-state index contributed by atoms with van der Waals surface area (Å²) in [7, 11) is 0. The minimum absolute atomic E-state index is 0.228. The van der Waals surface area contributed by atoms with Gasteiger partial charge in [0.2, 0.25) is 0 Å². The van der Waals surface area contributed by atoms with Gasteiger partial charge < -0.3 is 9.73 Å². The molecule has 5 rings (SSSR count). The summed E-state index contributed by atoms with van der Waals surface area (Å²) < 4.78 is 9.86. The van der Waals surface area contributed by atoms with Crippen LogP contribution in [0.4, 0.5) is 5.69 Å². The molecule has 1 aromatic carbocycles. The van der Waals surface area contributed by atoms with Crippen LogP contribution in [-0.4, -0.2) is 20.3 Å². The standard InChI is InChI=1S/C26H25N5O3S/c1-5-30-14-18(16(3)29-30)13-21-25(33)31-23(20-12-11-15(2)34-20)22(17(4)27-26(31)35-21)24(32)28-19-9-7-6-8-10-19/h6-14,23H,5H2,1-4H3,(H,28,32). The van der Waals surface area contributed by atoms with Crippen molar-refractivity contribution in [3.63, 3.8) is 0 Å². The van der Waals surface area contributed by atoms with Gasteiger partial charge in [0.05, 0.1) is 21.5 Å². The molecule has 4 aromatic rings. The molecule has 1 amide bonds. The Labute approximate surface area is 205 Å². The van der Waals surface area contributed by atoms with Crippen molar-refractivity contribution >= 4 is 29.0 Å². The van der Waals surface area contributed by atoms with E-state index >= 15 is 0 Å². The molecule has 0 aliphatic carbocycles. The highest BCUT2D eigenvalue weighted by atomic mass is 32.1. The lowest BCUT2D eigenvalue weighted by atomic mass is 10.00. The fourth-order valence-corrected chi connectivity index (χ4v) is 5.22. The van der Waals surface area contributed by atoms with Crippen LogP contribution in [0.25, 0.3) is 6.08 Å². The number of rotatable bonds is 5. The topological polar surface area (TPSA) is 94.4 Å². The zero-order valence-corrected chi connectivity index (χ0v) is 20.7. The molecular formula is C26H25N5O3S. The number of carbonyl (C=O) groups excluding carboxylic acids is 1. The quantitative estimate of drug-likeness (QED) is 0.467. The van der Waals surface area contributed by atoms with Gasteiger partial charge in [0.1, 0.15) is 17.6 Å². The number of aryl methyl sites for hydroxylation is 3. The minimum Gasteiger partial charge on any atom is -0.464 e. The van der Waals surface area contributed by atoms with Crippen LogP contribution in [0.3, 0.4) is 0 Å². The fourth-order valence-electron chi connectivity index (χ4n) is 4.18. The van der Waals surface area contributed by atoms with Crippen LogP contribution in [-0.2, 0) is 11.3 Å². The van der Waals surface area contributed by atoms with E-state index in [0.717, 1.165) is 17.8 Å². The summed E-state index contributed by atoms with van der Waals surface area (Å²) in [5.74, 6) is 0.880. The lowest BCUT2D eigenvalue weighted by Crippen LogP contribution is -2.40. The molecule has 1 aliphatic rings. The molecule has 0 saturated carbocycles. The van der Waals surface area contributed by atoms with Crippen molar-refractivity contribution in [2.75, 3.05) is 5.32 Å². The van der Waals surface area contributed by atoms with E-state index in [4.69, 9.17) is 4.42 Å². The van der Waals surface area contributed by atoms with Gasteiger partial charge in [-0.3, -0.25) is 18.8 Å². The number of thiazole rings is 1. The third kappa shape index (κ3) is 4.19. The Morgan fingerprint density at radius 2 is 1.94 bits per heavy atom. The molecule has 1 aliphatic heterocycles. The third-order valence-corrected chi connectivity index (χ3v) is 6.91. The molecule has 1 unspecified atom stereocenters. The first-order valence-corrected chi connectivity index (χ1v) is 12.2. The second kappa shape index (κ2) is 8.99.